The summed E-state index contributed by atoms with van der Waals surface area (Å²) in [5, 5.41) is 60.2. The summed E-state index contributed by atoms with van der Waals surface area (Å²) in [6.45, 7) is 0. The molecule has 0 radical (unpaired) electrons. The van der Waals surface area contributed by atoms with Crippen LogP contribution in [0.15, 0.2) is 47.3 Å². The lowest BCUT2D eigenvalue weighted by Crippen LogP contribution is -2.50. The van der Waals surface area contributed by atoms with E-state index in [4.69, 9.17) is 9.47 Å². The molecule has 2 aliphatic rings. The van der Waals surface area contributed by atoms with E-state index in [1.807, 2.05) is 0 Å². The molecule has 0 fully saturated rings. The first-order valence-electron chi connectivity index (χ1n) is 7.71. The van der Waals surface area contributed by atoms with Gasteiger partial charge in [-0.05, 0) is 12.2 Å². The molecule has 0 saturated carbocycles. The van der Waals surface area contributed by atoms with Gasteiger partial charge in [0.25, 0.3) is 0 Å². The summed E-state index contributed by atoms with van der Waals surface area (Å²) >= 11 is 0. The Kier molecular flexibility index (Phi) is 5.47. The van der Waals surface area contributed by atoms with Crippen LogP contribution in [0.4, 0.5) is 0 Å². The molecule has 9 heteroatoms. The Balaban J connectivity index is 2.22. The number of hydrogen-bond donors (Lipinski definition) is 6. The van der Waals surface area contributed by atoms with Gasteiger partial charge in [0.15, 0.2) is 0 Å². The number of Topliss-reactive ketones (excluding diaryl/α,β-unsaturated/α-hetero) is 1. The highest BCUT2D eigenvalue weighted by Crippen LogP contribution is 2.34. The van der Waals surface area contributed by atoms with Gasteiger partial charge in [-0.3, -0.25) is 4.79 Å². The Bertz CT molecular complexity index is 647. The summed E-state index contributed by atoms with van der Waals surface area (Å²) in [5.74, 6) is -2.53. The van der Waals surface area contributed by atoms with Crippen LogP contribution >= 0.6 is 0 Å². The number of ether oxygens (including phenoxy) is 2. The number of rotatable bonds is 6. The SMILES string of the molecule is COC1C(O)=CC(O)=CC1(O)CC(=O)CC1(O)C=C(O)C=C(O)C1OC. The van der Waals surface area contributed by atoms with E-state index in [0.717, 1.165) is 24.3 Å². The molecule has 4 unspecified atom stereocenters. The first kappa shape index (κ1) is 20.0. The number of carbonyl (C=O) groups excluding carboxylic acids is 1. The lowest BCUT2D eigenvalue weighted by molar-refractivity contribution is -0.136. The van der Waals surface area contributed by atoms with Crippen molar-refractivity contribution in [2.75, 3.05) is 14.2 Å². The fourth-order valence-corrected chi connectivity index (χ4v) is 3.34. The van der Waals surface area contributed by atoms with Crippen LogP contribution < -0.4 is 0 Å². The Labute approximate surface area is 149 Å². The summed E-state index contributed by atoms with van der Waals surface area (Å²) in [7, 11) is 2.42. The molecule has 2 aliphatic carbocycles. The normalized spacial score (nSPS) is 34.5. The second-order valence-electron chi connectivity index (χ2n) is 6.38. The van der Waals surface area contributed by atoms with E-state index in [-0.39, 0.29) is 0 Å². The molecule has 6 N–H and O–H groups in total. The molecule has 0 aliphatic heterocycles. The summed E-state index contributed by atoms with van der Waals surface area (Å²) in [6, 6.07) is 0. The van der Waals surface area contributed by atoms with Crippen molar-refractivity contribution >= 4 is 5.78 Å². The van der Waals surface area contributed by atoms with E-state index >= 15 is 0 Å². The van der Waals surface area contributed by atoms with Crippen molar-refractivity contribution in [3.8, 4) is 0 Å². The first-order chi connectivity index (χ1) is 12.0. The van der Waals surface area contributed by atoms with E-state index in [9.17, 15) is 35.4 Å². The zero-order chi connectivity index (χ0) is 19.7. The number of aliphatic hydroxyl groups is 6. The smallest absolute Gasteiger partial charge is 0.147 e. The first-order valence-corrected chi connectivity index (χ1v) is 7.71. The molecule has 0 aromatic heterocycles. The van der Waals surface area contributed by atoms with Gasteiger partial charge in [0, 0.05) is 39.2 Å². The third-order valence-corrected chi connectivity index (χ3v) is 4.26. The topological polar surface area (TPSA) is 157 Å². The van der Waals surface area contributed by atoms with Gasteiger partial charge in [-0.25, -0.2) is 0 Å². The van der Waals surface area contributed by atoms with Crippen LogP contribution in [0, 0.1) is 0 Å². The van der Waals surface area contributed by atoms with Gasteiger partial charge in [-0.1, -0.05) is 0 Å². The van der Waals surface area contributed by atoms with Crippen LogP contribution in [0.1, 0.15) is 12.8 Å². The number of methoxy groups -OCH3 is 2. The molecule has 0 amide bonds. The van der Waals surface area contributed by atoms with Crippen molar-refractivity contribution in [2.45, 2.75) is 36.3 Å². The minimum Gasteiger partial charge on any atom is -0.509 e. The van der Waals surface area contributed by atoms with E-state index < -0.39 is 65.1 Å². The summed E-state index contributed by atoms with van der Waals surface area (Å²) in [6.07, 6.45) is 0.0530. The highest BCUT2D eigenvalue weighted by atomic mass is 16.5. The second-order valence-corrected chi connectivity index (χ2v) is 6.38. The van der Waals surface area contributed by atoms with Crippen molar-refractivity contribution < 1.29 is 44.9 Å². The summed E-state index contributed by atoms with van der Waals surface area (Å²) < 4.78 is 9.99. The van der Waals surface area contributed by atoms with Gasteiger partial charge in [-0.2, -0.15) is 0 Å². The van der Waals surface area contributed by atoms with Crippen molar-refractivity contribution in [3.63, 3.8) is 0 Å². The molecule has 0 saturated heterocycles. The molecular weight excluding hydrogens is 348 g/mol. The number of aliphatic hydroxyl groups excluding tert-OH is 4. The quantitative estimate of drug-likeness (QED) is 0.394. The molecule has 0 aromatic rings. The van der Waals surface area contributed by atoms with Crippen LogP contribution in [0.5, 0.6) is 0 Å². The van der Waals surface area contributed by atoms with Crippen molar-refractivity contribution in [3.05, 3.63) is 47.3 Å². The molecule has 144 valence electrons. The van der Waals surface area contributed by atoms with Crippen LogP contribution in [0.2, 0.25) is 0 Å². The maximum Gasteiger partial charge on any atom is 0.147 e. The highest BCUT2D eigenvalue weighted by Gasteiger charge is 2.47. The van der Waals surface area contributed by atoms with Crippen LogP contribution in [0.25, 0.3) is 0 Å². The van der Waals surface area contributed by atoms with Gasteiger partial charge in [0.2, 0.25) is 0 Å². The molecule has 0 aromatic carbocycles. The monoisotopic (exact) mass is 370 g/mol. The highest BCUT2D eigenvalue weighted by molar-refractivity contribution is 5.82. The predicted molar refractivity (Wildman–Crippen MR) is 88.6 cm³/mol. The lowest BCUT2D eigenvalue weighted by Gasteiger charge is -2.37. The van der Waals surface area contributed by atoms with Gasteiger partial charge >= 0.3 is 0 Å². The molecule has 0 bridgehead atoms. The molecule has 0 heterocycles. The van der Waals surface area contributed by atoms with Gasteiger partial charge in [0.05, 0.1) is 0 Å². The Morgan fingerprint density at radius 3 is 1.54 bits per heavy atom. The minimum absolute atomic E-state index is 0.449. The molecule has 26 heavy (non-hydrogen) atoms. The van der Waals surface area contributed by atoms with Crippen molar-refractivity contribution in [1.82, 2.24) is 0 Å². The minimum atomic E-state index is -2.05. The third kappa shape index (κ3) is 3.75. The average Bonchev–Trinajstić information content (AvgIpc) is 2.44. The predicted octanol–water partition coefficient (Wildman–Crippen LogP) is 0.623. The van der Waals surface area contributed by atoms with Crippen LogP contribution in [-0.4, -0.2) is 74.1 Å². The zero-order valence-electron chi connectivity index (χ0n) is 14.3. The number of ketones is 1. The maximum absolute atomic E-state index is 12.5. The van der Waals surface area contributed by atoms with Gasteiger partial charge in [-0.15, -0.1) is 0 Å². The Morgan fingerprint density at radius 1 is 0.885 bits per heavy atom. The van der Waals surface area contributed by atoms with Gasteiger partial charge in [0.1, 0.15) is 52.2 Å². The van der Waals surface area contributed by atoms with E-state index in [0.29, 0.717) is 0 Å². The standard InChI is InChI=1S/C17H22O9/c1-25-14-12(21)3-9(18)5-16(14,23)7-11(20)8-17(24)6-10(19)4-13(22)15(17)26-2/h3-6,14-15,18-19,21-24H,7-8H2,1-2H3. The Morgan fingerprint density at radius 2 is 1.23 bits per heavy atom. The van der Waals surface area contributed by atoms with Crippen molar-refractivity contribution in [2.24, 2.45) is 0 Å². The van der Waals surface area contributed by atoms with Crippen molar-refractivity contribution in [1.29, 1.82) is 0 Å². The molecule has 2 rings (SSSR count). The number of allylic oxidation sites excluding steroid dienone is 2. The van der Waals surface area contributed by atoms with Gasteiger partial charge < -0.3 is 40.1 Å². The van der Waals surface area contributed by atoms with E-state index in [2.05, 4.69) is 0 Å². The molecule has 9 nitrogen and oxygen atoms in total. The molecule has 4 atom stereocenters. The fourth-order valence-electron chi connectivity index (χ4n) is 3.34. The Hall–Kier alpha value is -2.33. The molecule has 0 spiro atoms. The van der Waals surface area contributed by atoms with E-state index in [1.165, 1.54) is 14.2 Å². The largest absolute Gasteiger partial charge is 0.509 e. The number of carbonyl (C=O) groups is 1. The van der Waals surface area contributed by atoms with Crippen LogP contribution in [-0.2, 0) is 14.3 Å². The number of hydrogen-bond acceptors (Lipinski definition) is 9. The summed E-state index contributed by atoms with van der Waals surface area (Å²) in [5.41, 5.74) is -4.10. The maximum atomic E-state index is 12.5. The fraction of sp³-hybridized carbons (Fsp3) is 0.471. The second kappa shape index (κ2) is 7.12. The summed E-state index contributed by atoms with van der Waals surface area (Å²) in [4.78, 5) is 12.5. The zero-order valence-corrected chi connectivity index (χ0v) is 14.3. The average molecular weight is 370 g/mol. The van der Waals surface area contributed by atoms with Crippen LogP contribution in [0.3, 0.4) is 0 Å². The third-order valence-electron chi connectivity index (χ3n) is 4.26. The molecular formula is C17H22O9. The lowest BCUT2D eigenvalue weighted by atomic mass is 9.80. The van der Waals surface area contributed by atoms with E-state index in [1.54, 1.807) is 0 Å².